The Morgan fingerprint density at radius 1 is 1.41 bits per heavy atom. The Bertz CT molecular complexity index is 863. The minimum atomic E-state index is -1.40. The lowest BCUT2D eigenvalue weighted by atomic mass is 10.2. The highest BCUT2D eigenvalue weighted by molar-refractivity contribution is 7.84. The third-order valence-electron chi connectivity index (χ3n) is 3.03. The number of thiophene rings is 1. The van der Waals surface area contributed by atoms with E-state index in [1.807, 2.05) is 10.8 Å². The van der Waals surface area contributed by atoms with E-state index in [0.717, 1.165) is 11.0 Å². The third kappa shape index (κ3) is 2.58. The number of hydrogen-bond acceptors (Lipinski definition) is 7. The van der Waals surface area contributed by atoms with Crippen LogP contribution in [-0.2, 0) is 16.6 Å². The standard InChI is InChI=1S/C13H12N6OS2/c1-19(2)12-8(3-14)11(15-7-16-12)6-22(20)13-17-9-4-21-5-10(9)18-13/h4-5,7H,6H2,1-2H3,(H,17,18). The number of H-pyrrole nitrogens is 1. The molecule has 1 atom stereocenters. The van der Waals surface area contributed by atoms with Gasteiger partial charge in [0.15, 0.2) is 5.16 Å². The fraction of sp³-hybridized carbons (Fsp3) is 0.231. The van der Waals surface area contributed by atoms with Crippen LogP contribution in [0.5, 0.6) is 0 Å². The zero-order chi connectivity index (χ0) is 15.7. The molecule has 22 heavy (non-hydrogen) atoms. The van der Waals surface area contributed by atoms with Crippen molar-refractivity contribution in [1.82, 2.24) is 19.9 Å². The predicted molar refractivity (Wildman–Crippen MR) is 85.2 cm³/mol. The van der Waals surface area contributed by atoms with Crippen LogP contribution in [-0.4, -0.2) is 38.2 Å². The maximum atomic E-state index is 12.5. The van der Waals surface area contributed by atoms with Crippen molar-refractivity contribution in [1.29, 1.82) is 5.26 Å². The van der Waals surface area contributed by atoms with Gasteiger partial charge in [-0.3, -0.25) is 4.21 Å². The van der Waals surface area contributed by atoms with Gasteiger partial charge in [-0.2, -0.15) is 5.26 Å². The zero-order valence-corrected chi connectivity index (χ0v) is 13.5. The van der Waals surface area contributed by atoms with Crippen LogP contribution in [0, 0.1) is 11.3 Å². The minimum absolute atomic E-state index is 0.117. The fourth-order valence-electron chi connectivity index (χ4n) is 2.00. The highest BCUT2D eigenvalue weighted by atomic mass is 32.2. The zero-order valence-electron chi connectivity index (χ0n) is 11.9. The molecule has 1 N–H and O–H groups in total. The van der Waals surface area contributed by atoms with Gasteiger partial charge in [0.2, 0.25) is 0 Å². The molecule has 3 aromatic rings. The molecule has 7 nitrogen and oxygen atoms in total. The highest BCUT2D eigenvalue weighted by Crippen LogP contribution is 2.21. The van der Waals surface area contributed by atoms with Crippen molar-refractivity contribution >= 4 is 39.0 Å². The summed E-state index contributed by atoms with van der Waals surface area (Å²) < 4.78 is 12.5. The van der Waals surface area contributed by atoms with Crippen molar-refractivity contribution < 1.29 is 4.21 Å². The first-order valence-corrected chi connectivity index (χ1v) is 8.58. The van der Waals surface area contributed by atoms with Crippen molar-refractivity contribution in [3.05, 3.63) is 28.3 Å². The van der Waals surface area contributed by atoms with Crippen molar-refractivity contribution in [2.75, 3.05) is 19.0 Å². The number of nitrogens with zero attached hydrogens (tertiary/aromatic N) is 5. The second-order valence-electron chi connectivity index (χ2n) is 4.73. The van der Waals surface area contributed by atoms with E-state index in [9.17, 15) is 9.47 Å². The van der Waals surface area contributed by atoms with E-state index in [-0.39, 0.29) is 5.75 Å². The molecule has 0 amide bonds. The van der Waals surface area contributed by atoms with Gasteiger partial charge in [-0.15, -0.1) is 11.3 Å². The van der Waals surface area contributed by atoms with Crippen LogP contribution < -0.4 is 4.90 Å². The molecule has 0 spiro atoms. The normalized spacial score (nSPS) is 12.2. The Hall–Kier alpha value is -2.31. The Morgan fingerprint density at radius 3 is 2.91 bits per heavy atom. The maximum Gasteiger partial charge on any atom is 0.197 e. The van der Waals surface area contributed by atoms with Crippen LogP contribution in [0.3, 0.4) is 0 Å². The minimum Gasteiger partial charge on any atom is -0.362 e. The molecule has 0 saturated heterocycles. The summed E-state index contributed by atoms with van der Waals surface area (Å²) in [6.07, 6.45) is 1.38. The molecule has 3 heterocycles. The number of aromatic nitrogens is 4. The summed E-state index contributed by atoms with van der Waals surface area (Å²) in [4.78, 5) is 17.3. The molecule has 0 bridgehead atoms. The van der Waals surface area contributed by atoms with E-state index in [4.69, 9.17) is 0 Å². The molecule has 1 unspecified atom stereocenters. The maximum absolute atomic E-state index is 12.5. The molecule has 0 aliphatic heterocycles. The molecule has 112 valence electrons. The van der Waals surface area contributed by atoms with Gasteiger partial charge in [0.05, 0.1) is 27.8 Å². The molecule has 9 heteroatoms. The molecule has 0 aliphatic rings. The number of fused-ring (bicyclic) bond motifs is 1. The van der Waals surface area contributed by atoms with Gasteiger partial charge in [0, 0.05) is 24.9 Å². The predicted octanol–water partition coefficient (Wildman–Crippen LogP) is 1.66. The van der Waals surface area contributed by atoms with Crippen molar-refractivity contribution in [2.24, 2.45) is 0 Å². The number of aromatic amines is 1. The van der Waals surface area contributed by atoms with Crippen LogP contribution in [0.2, 0.25) is 0 Å². The lowest BCUT2D eigenvalue weighted by Gasteiger charge is -2.13. The first-order chi connectivity index (χ1) is 10.6. The van der Waals surface area contributed by atoms with E-state index in [0.29, 0.717) is 22.2 Å². The number of hydrogen-bond donors (Lipinski definition) is 1. The van der Waals surface area contributed by atoms with Crippen LogP contribution in [0.25, 0.3) is 11.0 Å². The van der Waals surface area contributed by atoms with Gasteiger partial charge >= 0.3 is 0 Å². The Labute approximate surface area is 133 Å². The van der Waals surface area contributed by atoms with Crippen LogP contribution in [0.4, 0.5) is 5.82 Å². The summed E-state index contributed by atoms with van der Waals surface area (Å²) in [5.41, 5.74) is 2.46. The van der Waals surface area contributed by atoms with Gasteiger partial charge in [-0.25, -0.2) is 15.0 Å². The van der Waals surface area contributed by atoms with Crippen molar-refractivity contribution in [3.8, 4) is 6.07 Å². The number of nitrogens with one attached hydrogen (secondary N) is 1. The average Bonchev–Trinajstić information content (AvgIpc) is 3.08. The van der Waals surface area contributed by atoms with Gasteiger partial charge in [0.25, 0.3) is 0 Å². The molecule has 0 saturated carbocycles. The summed E-state index contributed by atoms with van der Waals surface area (Å²) in [6, 6.07) is 2.09. The van der Waals surface area contributed by atoms with Gasteiger partial charge in [-0.05, 0) is 0 Å². The molecule has 0 radical (unpaired) electrons. The number of nitriles is 1. The average molecular weight is 332 g/mol. The molecule has 0 fully saturated rings. The van der Waals surface area contributed by atoms with E-state index in [1.54, 1.807) is 19.0 Å². The van der Waals surface area contributed by atoms with Crippen molar-refractivity contribution in [2.45, 2.75) is 10.9 Å². The fourth-order valence-corrected chi connectivity index (χ4v) is 3.72. The van der Waals surface area contributed by atoms with E-state index in [2.05, 4.69) is 26.0 Å². The van der Waals surface area contributed by atoms with Crippen LogP contribution in [0.15, 0.2) is 22.2 Å². The van der Waals surface area contributed by atoms with E-state index >= 15 is 0 Å². The summed E-state index contributed by atoms with van der Waals surface area (Å²) in [5.74, 6) is 0.635. The first-order valence-electron chi connectivity index (χ1n) is 6.31. The molecule has 0 aromatic carbocycles. The summed E-state index contributed by atoms with van der Waals surface area (Å²) in [6.45, 7) is 0. The third-order valence-corrected chi connectivity index (χ3v) is 4.92. The smallest absolute Gasteiger partial charge is 0.197 e. The van der Waals surface area contributed by atoms with Gasteiger partial charge < -0.3 is 9.88 Å². The van der Waals surface area contributed by atoms with Crippen LogP contribution >= 0.6 is 11.3 Å². The van der Waals surface area contributed by atoms with E-state index < -0.39 is 10.8 Å². The van der Waals surface area contributed by atoms with Gasteiger partial charge in [-0.1, -0.05) is 0 Å². The number of rotatable bonds is 4. The summed E-state index contributed by atoms with van der Waals surface area (Å²) in [7, 11) is 2.19. The SMILES string of the molecule is CN(C)c1ncnc(CS(=O)c2nc3cscc3[nH]2)c1C#N. The topological polar surface area (TPSA) is 98.6 Å². The van der Waals surface area contributed by atoms with E-state index in [1.165, 1.54) is 17.7 Å². The molecule has 0 aliphatic carbocycles. The molecule has 3 aromatic heterocycles. The second-order valence-corrected chi connectivity index (χ2v) is 6.84. The lowest BCUT2D eigenvalue weighted by Crippen LogP contribution is -2.15. The molecular formula is C13H12N6OS2. The highest BCUT2D eigenvalue weighted by Gasteiger charge is 2.18. The number of anilines is 1. The summed E-state index contributed by atoms with van der Waals surface area (Å²) >= 11 is 1.53. The molecule has 3 rings (SSSR count). The Morgan fingerprint density at radius 2 is 2.23 bits per heavy atom. The summed E-state index contributed by atoms with van der Waals surface area (Å²) in [5, 5.41) is 13.5. The largest absolute Gasteiger partial charge is 0.362 e. The molecular weight excluding hydrogens is 320 g/mol. The van der Waals surface area contributed by atoms with Crippen molar-refractivity contribution in [3.63, 3.8) is 0 Å². The monoisotopic (exact) mass is 332 g/mol. The quantitative estimate of drug-likeness (QED) is 0.780. The second kappa shape index (κ2) is 5.82. The Balaban J connectivity index is 1.92. The first kappa shape index (κ1) is 14.6. The van der Waals surface area contributed by atoms with Gasteiger partial charge in [0.1, 0.15) is 29.3 Å². The Kier molecular flexibility index (Phi) is 3.87. The number of imidazole rings is 1. The lowest BCUT2D eigenvalue weighted by molar-refractivity contribution is 0.676. The van der Waals surface area contributed by atoms with Crippen LogP contribution in [0.1, 0.15) is 11.3 Å².